The summed E-state index contributed by atoms with van der Waals surface area (Å²) in [6.45, 7) is 2.75. The fourth-order valence-corrected chi connectivity index (χ4v) is 5.88. The van der Waals surface area contributed by atoms with Gasteiger partial charge in [-0.2, -0.15) is 0 Å². The molecule has 0 aromatic heterocycles. The second-order valence-corrected chi connectivity index (χ2v) is 10.3. The number of carboxylic acids is 1. The number of carbonyl (C=O) groups excluding carboxylic acids is 2. The van der Waals surface area contributed by atoms with Gasteiger partial charge in [-0.15, -0.1) is 0 Å². The molecule has 0 saturated heterocycles. The highest BCUT2D eigenvalue weighted by Crippen LogP contribution is 2.56. The summed E-state index contributed by atoms with van der Waals surface area (Å²) >= 11 is 25.3. The summed E-state index contributed by atoms with van der Waals surface area (Å²) in [5.41, 5.74) is -0.511. The average Bonchev–Trinajstić information content (AvgIpc) is 3.12. The van der Waals surface area contributed by atoms with Crippen LogP contribution >= 0.6 is 46.4 Å². The summed E-state index contributed by atoms with van der Waals surface area (Å²) in [6.07, 6.45) is -1.82. The van der Waals surface area contributed by atoms with E-state index in [0.717, 1.165) is 6.92 Å². The zero-order valence-electron chi connectivity index (χ0n) is 20.3. The molecular formula is C27H21Cl4NO6. The molecule has 1 heterocycles. The number of hydrogen-bond acceptors (Lipinski definition) is 5. The SMILES string of the molecule is COc1ccc2c(c1)C(c1cc(Cl)c(Cl)cc1Cl)(C(OC(C)=O)C(=O)O)C(C)N2C(=O)c1ccc(Cl)cc1. The van der Waals surface area contributed by atoms with E-state index >= 15 is 0 Å². The van der Waals surface area contributed by atoms with Gasteiger partial charge in [0.1, 0.15) is 5.75 Å². The van der Waals surface area contributed by atoms with Gasteiger partial charge in [0.05, 0.1) is 28.6 Å². The Morgan fingerprint density at radius 2 is 1.55 bits per heavy atom. The van der Waals surface area contributed by atoms with E-state index in [2.05, 4.69) is 0 Å². The van der Waals surface area contributed by atoms with Crippen LogP contribution in [0.1, 0.15) is 35.3 Å². The molecule has 0 radical (unpaired) electrons. The molecule has 3 atom stereocenters. The van der Waals surface area contributed by atoms with Crippen molar-refractivity contribution in [3.63, 3.8) is 0 Å². The molecule has 1 N–H and O–H groups in total. The minimum Gasteiger partial charge on any atom is -0.497 e. The lowest BCUT2D eigenvalue weighted by atomic mass is 9.67. The van der Waals surface area contributed by atoms with Gasteiger partial charge >= 0.3 is 11.9 Å². The monoisotopic (exact) mass is 595 g/mol. The Balaban J connectivity index is 2.12. The third-order valence-corrected chi connectivity index (χ3v) is 7.93. The van der Waals surface area contributed by atoms with E-state index < -0.39 is 35.4 Å². The van der Waals surface area contributed by atoms with Crippen LogP contribution in [0.5, 0.6) is 5.75 Å². The maximum Gasteiger partial charge on any atom is 0.346 e. The number of hydrogen-bond donors (Lipinski definition) is 1. The molecule has 38 heavy (non-hydrogen) atoms. The van der Waals surface area contributed by atoms with Crippen molar-refractivity contribution in [1.82, 2.24) is 0 Å². The van der Waals surface area contributed by atoms with Gasteiger partial charge in [-0.3, -0.25) is 9.59 Å². The Hall–Kier alpha value is -2.97. The van der Waals surface area contributed by atoms with E-state index in [1.807, 2.05) is 0 Å². The number of halogens is 4. The fraction of sp³-hybridized carbons (Fsp3) is 0.222. The smallest absolute Gasteiger partial charge is 0.346 e. The Morgan fingerprint density at radius 1 is 0.921 bits per heavy atom. The highest BCUT2D eigenvalue weighted by molar-refractivity contribution is 6.43. The molecule has 3 aromatic rings. The van der Waals surface area contributed by atoms with Crippen LogP contribution in [0.3, 0.4) is 0 Å². The molecule has 1 aliphatic heterocycles. The van der Waals surface area contributed by atoms with Crippen molar-refractivity contribution in [1.29, 1.82) is 0 Å². The number of rotatable bonds is 6. The Labute approximate surface area is 238 Å². The summed E-state index contributed by atoms with van der Waals surface area (Å²) < 4.78 is 10.9. The third kappa shape index (κ3) is 4.58. The highest BCUT2D eigenvalue weighted by atomic mass is 35.5. The second-order valence-electron chi connectivity index (χ2n) is 8.68. The number of fused-ring (bicyclic) bond motifs is 1. The first kappa shape index (κ1) is 28.0. The van der Waals surface area contributed by atoms with Gasteiger partial charge in [-0.05, 0) is 72.6 Å². The largest absolute Gasteiger partial charge is 0.497 e. The number of carbonyl (C=O) groups is 3. The van der Waals surface area contributed by atoms with Gasteiger partial charge in [0, 0.05) is 28.2 Å². The van der Waals surface area contributed by atoms with Gasteiger partial charge in [0.2, 0.25) is 6.10 Å². The van der Waals surface area contributed by atoms with E-state index in [4.69, 9.17) is 55.9 Å². The molecule has 3 aromatic carbocycles. The van der Waals surface area contributed by atoms with Crippen molar-refractivity contribution in [2.45, 2.75) is 31.4 Å². The molecule has 11 heteroatoms. The van der Waals surface area contributed by atoms with Gasteiger partial charge in [-0.1, -0.05) is 46.4 Å². The van der Waals surface area contributed by atoms with Gasteiger partial charge in [0.15, 0.2) is 0 Å². The number of nitrogens with zero attached hydrogens (tertiary/aromatic N) is 1. The predicted molar refractivity (Wildman–Crippen MR) is 146 cm³/mol. The third-order valence-electron chi connectivity index (χ3n) is 6.64. The number of ether oxygens (including phenoxy) is 2. The Bertz CT molecular complexity index is 1440. The van der Waals surface area contributed by atoms with Crippen LogP contribution in [0, 0.1) is 0 Å². The standard InChI is InChI=1S/C27H21Cl4NO6/c1-13-27(24(26(35)36)38-14(2)33,18-11-21(30)22(31)12-20(18)29)19-10-17(37-3)8-9-23(19)32(13)25(34)15-4-6-16(28)7-5-15/h4-13,24H,1-3H3,(H,35,36). The number of aliphatic carboxylic acids is 1. The first-order chi connectivity index (χ1) is 17.9. The van der Waals surface area contributed by atoms with Crippen molar-refractivity contribution in [3.05, 3.63) is 91.4 Å². The topological polar surface area (TPSA) is 93.1 Å². The maximum atomic E-state index is 13.9. The number of benzene rings is 3. The number of amides is 1. The maximum absolute atomic E-state index is 13.9. The van der Waals surface area contributed by atoms with Crippen molar-refractivity contribution in [2.75, 3.05) is 12.0 Å². The predicted octanol–water partition coefficient (Wildman–Crippen LogP) is 6.66. The van der Waals surface area contributed by atoms with Gasteiger partial charge in [-0.25, -0.2) is 4.79 Å². The highest BCUT2D eigenvalue weighted by Gasteiger charge is 2.61. The van der Waals surface area contributed by atoms with E-state index in [-0.39, 0.29) is 20.6 Å². The lowest BCUT2D eigenvalue weighted by Crippen LogP contribution is -2.56. The van der Waals surface area contributed by atoms with Gasteiger partial charge < -0.3 is 19.5 Å². The van der Waals surface area contributed by atoms with E-state index in [0.29, 0.717) is 27.6 Å². The molecule has 1 amide bonds. The van der Waals surface area contributed by atoms with E-state index in [9.17, 15) is 19.5 Å². The fourth-order valence-electron chi connectivity index (χ4n) is 5.05. The number of anilines is 1. The molecule has 3 unspecified atom stereocenters. The van der Waals surface area contributed by atoms with Crippen molar-refractivity contribution < 1.29 is 29.0 Å². The van der Waals surface area contributed by atoms with Crippen LogP contribution in [0.25, 0.3) is 0 Å². The second kappa shape index (κ2) is 10.7. The summed E-state index contributed by atoms with van der Waals surface area (Å²) in [5.74, 6) is -2.36. The molecule has 0 saturated carbocycles. The lowest BCUT2D eigenvalue weighted by molar-refractivity contribution is -0.167. The molecule has 1 aliphatic rings. The zero-order valence-corrected chi connectivity index (χ0v) is 23.3. The summed E-state index contributed by atoms with van der Waals surface area (Å²) in [6, 6.07) is 13.0. The Kier molecular flexibility index (Phi) is 7.86. The van der Waals surface area contributed by atoms with E-state index in [1.165, 1.54) is 24.1 Å². The zero-order chi connectivity index (χ0) is 27.9. The molecular weight excluding hydrogens is 576 g/mol. The lowest BCUT2D eigenvalue weighted by Gasteiger charge is -2.41. The number of methoxy groups -OCH3 is 1. The molecule has 0 spiro atoms. The van der Waals surface area contributed by atoms with Crippen LogP contribution in [-0.2, 0) is 19.7 Å². The summed E-state index contributed by atoms with van der Waals surface area (Å²) in [5, 5.41) is 11.2. The van der Waals surface area contributed by atoms with Crippen LogP contribution in [0.2, 0.25) is 20.1 Å². The van der Waals surface area contributed by atoms with Crippen molar-refractivity contribution in [3.8, 4) is 5.75 Å². The minimum atomic E-state index is -1.82. The minimum absolute atomic E-state index is 0.0687. The number of carboxylic acid groups (broad SMARTS) is 1. The molecule has 0 aliphatic carbocycles. The molecule has 4 rings (SSSR count). The Morgan fingerprint density at radius 3 is 2.13 bits per heavy atom. The first-order valence-electron chi connectivity index (χ1n) is 11.3. The van der Waals surface area contributed by atoms with Crippen LogP contribution < -0.4 is 9.64 Å². The summed E-state index contributed by atoms with van der Waals surface area (Å²) in [7, 11) is 1.45. The van der Waals surface area contributed by atoms with Crippen LogP contribution in [0.15, 0.2) is 54.6 Å². The van der Waals surface area contributed by atoms with E-state index in [1.54, 1.807) is 49.4 Å². The normalized spacial score (nSPS) is 19.0. The van der Waals surface area contributed by atoms with Gasteiger partial charge in [0.25, 0.3) is 5.91 Å². The van der Waals surface area contributed by atoms with Crippen molar-refractivity contribution >= 4 is 69.9 Å². The number of esters is 1. The summed E-state index contributed by atoms with van der Waals surface area (Å²) in [4.78, 5) is 40.4. The quantitative estimate of drug-likeness (QED) is 0.253. The molecule has 7 nitrogen and oxygen atoms in total. The average molecular weight is 597 g/mol. The molecule has 0 bridgehead atoms. The van der Waals surface area contributed by atoms with Crippen LogP contribution in [-0.4, -0.2) is 42.2 Å². The molecule has 198 valence electrons. The molecule has 0 fully saturated rings. The van der Waals surface area contributed by atoms with Crippen LogP contribution in [0.4, 0.5) is 5.69 Å². The van der Waals surface area contributed by atoms with Crippen molar-refractivity contribution in [2.24, 2.45) is 0 Å². The first-order valence-corrected chi connectivity index (χ1v) is 12.8.